The molecule has 2 rings (SSSR count). The van der Waals surface area contributed by atoms with Gasteiger partial charge in [-0.2, -0.15) is 0 Å². The largest absolute Gasteiger partial charge is 0.456 e. The van der Waals surface area contributed by atoms with Crippen molar-refractivity contribution in [2.45, 2.75) is 13.2 Å². The molecular weight excluding hydrogens is 248 g/mol. The molecule has 0 unspecified atom stereocenters. The SMILES string of the molecule is Nc1ccc(=O)n(CC(=O)OCc2ncccn2)c1. The van der Waals surface area contributed by atoms with Crippen molar-refractivity contribution < 1.29 is 9.53 Å². The van der Waals surface area contributed by atoms with Gasteiger partial charge in [0.25, 0.3) is 5.56 Å². The van der Waals surface area contributed by atoms with Gasteiger partial charge in [0.15, 0.2) is 12.4 Å². The molecule has 0 aliphatic heterocycles. The van der Waals surface area contributed by atoms with Gasteiger partial charge in [0.05, 0.1) is 0 Å². The molecule has 19 heavy (non-hydrogen) atoms. The highest BCUT2D eigenvalue weighted by Gasteiger charge is 2.07. The maximum Gasteiger partial charge on any atom is 0.326 e. The van der Waals surface area contributed by atoms with Crippen LogP contribution in [0.4, 0.5) is 5.69 Å². The summed E-state index contributed by atoms with van der Waals surface area (Å²) in [6.07, 6.45) is 4.50. The van der Waals surface area contributed by atoms with Crippen LogP contribution in [0.15, 0.2) is 41.6 Å². The van der Waals surface area contributed by atoms with E-state index in [1.165, 1.54) is 22.9 Å². The third-order valence-corrected chi connectivity index (χ3v) is 2.29. The Balaban J connectivity index is 1.95. The Kier molecular flexibility index (Phi) is 3.87. The maximum absolute atomic E-state index is 11.6. The Morgan fingerprint density at radius 3 is 2.79 bits per heavy atom. The summed E-state index contributed by atoms with van der Waals surface area (Å²) in [5.74, 6) is -0.157. The number of ether oxygens (including phenoxy) is 1. The van der Waals surface area contributed by atoms with Crippen LogP contribution in [0.1, 0.15) is 5.82 Å². The lowest BCUT2D eigenvalue weighted by Gasteiger charge is -2.06. The first-order chi connectivity index (χ1) is 9.15. The Labute approximate surface area is 108 Å². The lowest BCUT2D eigenvalue weighted by atomic mass is 10.4. The summed E-state index contributed by atoms with van der Waals surface area (Å²) in [4.78, 5) is 30.9. The first-order valence-electron chi connectivity index (χ1n) is 5.52. The number of pyridine rings is 1. The second-order valence-electron chi connectivity index (χ2n) is 3.75. The summed E-state index contributed by atoms with van der Waals surface area (Å²) in [6, 6.07) is 4.43. The molecule has 0 aliphatic rings. The standard InChI is InChI=1S/C12H12N4O3/c13-9-2-3-11(17)16(6-9)7-12(18)19-8-10-14-4-1-5-15-10/h1-6H,7-8,13H2. The molecule has 0 spiro atoms. The summed E-state index contributed by atoms with van der Waals surface area (Å²) < 4.78 is 6.15. The molecule has 2 aromatic heterocycles. The average Bonchev–Trinajstić information content (AvgIpc) is 2.42. The van der Waals surface area contributed by atoms with Gasteiger partial charge in [-0.1, -0.05) is 0 Å². The fourth-order valence-corrected chi connectivity index (χ4v) is 1.41. The third-order valence-electron chi connectivity index (χ3n) is 2.29. The Hall–Kier alpha value is -2.70. The summed E-state index contributed by atoms with van der Waals surface area (Å²) in [5.41, 5.74) is 5.62. The minimum absolute atomic E-state index is 0.0310. The summed E-state index contributed by atoms with van der Waals surface area (Å²) in [7, 11) is 0. The molecule has 0 saturated carbocycles. The van der Waals surface area contributed by atoms with E-state index in [9.17, 15) is 9.59 Å². The van der Waals surface area contributed by atoms with E-state index in [4.69, 9.17) is 10.5 Å². The molecule has 0 fully saturated rings. The van der Waals surface area contributed by atoms with Crippen molar-refractivity contribution in [1.29, 1.82) is 0 Å². The fourth-order valence-electron chi connectivity index (χ4n) is 1.41. The lowest BCUT2D eigenvalue weighted by Crippen LogP contribution is -2.24. The van der Waals surface area contributed by atoms with E-state index in [1.54, 1.807) is 18.5 Å². The smallest absolute Gasteiger partial charge is 0.326 e. The Bertz CT molecular complexity index is 624. The highest BCUT2D eigenvalue weighted by molar-refractivity contribution is 5.69. The number of hydrogen-bond acceptors (Lipinski definition) is 6. The number of hydrogen-bond donors (Lipinski definition) is 1. The minimum atomic E-state index is -0.555. The molecule has 0 amide bonds. The predicted molar refractivity (Wildman–Crippen MR) is 66.9 cm³/mol. The molecule has 2 aromatic rings. The molecule has 2 N–H and O–H groups in total. The van der Waals surface area contributed by atoms with Gasteiger partial charge >= 0.3 is 5.97 Å². The summed E-state index contributed by atoms with van der Waals surface area (Å²) in [6.45, 7) is -0.229. The molecule has 0 saturated heterocycles. The molecule has 98 valence electrons. The maximum atomic E-state index is 11.6. The van der Waals surface area contributed by atoms with Crippen molar-refractivity contribution in [3.63, 3.8) is 0 Å². The molecule has 7 heteroatoms. The summed E-state index contributed by atoms with van der Waals surface area (Å²) >= 11 is 0. The zero-order chi connectivity index (χ0) is 13.7. The molecule has 7 nitrogen and oxygen atoms in total. The molecule has 0 bridgehead atoms. The van der Waals surface area contributed by atoms with Crippen molar-refractivity contribution in [2.75, 3.05) is 5.73 Å². The van der Waals surface area contributed by atoms with E-state index < -0.39 is 5.97 Å². The van der Waals surface area contributed by atoms with E-state index in [0.29, 0.717) is 11.5 Å². The monoisotopic (exact) mass is 260 g/mol. The molecular formula is C12H12N4O3. The topological polar surface area (TPSA) is 100 Å². The molecule has 2 heterocycles. The van der Waals surface area contributed by atoms with Gasteiger partial charge in [-0.25, -0.2) is 9.97 Å². The molecule has 0 atom stereocenters. The van der Waals surface area contributed by atoms with Crippen LogP contribution in [0.5, 0.6) is 0 Å². The van der Waals surface area contributed by atoms with Crippen molar-refractivity contribution in [1.82, 2.24) is 14.5 Å². The first-order valence-corrected chi connectivity index (χ1v) is 5.52. The van der Waals surface area contributed by atoms with E-state index in [-0.39, 0.29) is 18.7 Å². The second kappa shape index (κ2) is 5.76. The minimum Gasteiger partial charge on any atom is -0.456 e. The number of carbonyl (C=O) groups excluding carboxylic acids is 1. The van der Waals surface area contributed by atoms with E-state index in [0.717, 1.165) is 0 Å². The number of anilines is 1. The number of nitrogens with two attached hydrogens (primary N) is 1. The van der Waals surface area contributed by atoms with Crippen LogP contribution < -0.4 is 11.3 Å². The van der Waals surface area contributed by atoms with Crippen molar-refractivity contribution in [3.8, 4) is 0 Å². The van der Waals surface area contributed by atoms with Gasteiger partial charge in [0.2, 0.25) is 0 Å². The van der Waals surface area contributed by atoms with Crippen LogP contribution >= 0.6 is 0 Å². The van der Waals surface area contributed by atoms with Crippen molar-refractivity contribution in [2.24, 2.45) is 0 Å². The zero-order valence-electron chi connectivity index (χ0n) is 10.0. The van der Waals surface area contributed by atoms with Crippen LogP contribution in [-0.4, -0.2) is 20.5 Å². The number of rotatable bonds is 4. The summed E-state index contributed by atoms with van der Waals surface area (Å²) in [5, 5.41) is 0. The van der Waals surface area contributed by atoms with Gasteiger partial charge in [0, 0.05) is 30.3 Å². The van der Waals surface area contributed by atoms with Crippen LogP contribution in [0, 0.1) is 0 Å². The number of aromatic nitrogens is 3. The van der Waals surface area contributed by atoms with Crippen molar-refractivity contribution >= 4 is 11.7 Å². The number of carbonyl (C=O) groups is 1. The average molecular weight is 260 g/mol. The predicted octanol–water partition coefficient (Wildman–Crippen LogP) is -0.0361. The number of nitrogen functional groups attached to an aromatic ring is 1. The normalized spacial score (nSPS) is 10.1. The van der Waals surface area contributed by atoms with E-state index in [2.05, 4.69) is 9.97 Å². The lowest BCUT2D eigenvalue weighted by molar-refractivity contribution is -0.146. The van der Waals surface area contributed by atoms with E-state index in [1.807, 2.05) is 0 Å². The molecule has 0 radical (unpaired) electrons. The van der Waals surface area contributed by atoms with Crippen LogP contribution in [0.25, 0.3) is 0 Å². The zero-order valence-corrected chi connectivity index (χ0v) is 10.0. The van der Waals surface area contributed by atoms with E-state index >= 15 is 0 Å². The highest BCUT2D eigenvalue weighted by atomic mass is 16.5. The second-order valence-corrected chi connectivity index (χ2v) is 3.75. The van der Waals surface area contributed by atoms with Gasteiger partial charge in [-0.15, -0.1) is 0 Å². The van der Waals surface area contributed by atoms with Gasteiger partial charge in [-0.3, -0.25) is 9.59 Å². The Morgan fingerprint density at radius 1 is 1.32 bits per heavy atom. The number of nitrogens with zero attached hydrogens (tertiary/aromatic N) is 3. The van der Waals surface area contributed by atoms with Crippen molar-refractivity contribution in [3.05, 3.63) is 53.0 Å². The fraction of sp³-hybridized carbons (Fsp3) is 0.167. The quantitative estimate of drug-likeness (QED) is 0.774. The van der Waals surface area contributed by atoms with Gasteiger partial charge in [-0.05, 0) is 12.1 Å². The van der Waals surface area contributed by atoms with Crippen LogP contribution in [0.2, 0.25) is 0 Å². The van der Waals surface area contributed by atoms with Crippen LogP contribution in [0.3, 0.4) is 0 Å². The first kappa shape index (κ1) is 12.7. The van der Waals surface area contributed by atoms with Gasteiger partial charge in [0.1, 0.15) is 6.54 Å². The number of esters is 1. The van der Waals surface area contributed by atoms with Gasteiger partial charge < -0.3 is 15.0 Å². The third kappa shape index (κ3) is 3.63. The highest BCUT2D eigenvalue weighted by Crippen LogP contribution is 1.97. The Morgan fingerprint density at radius 2 is 2.05 bits per heavy atom. The molecule has 0 aliphatic carbocycles. The van der Waals surface area contributed by atoms with Crippen LogP contribution in [-0.2, 0) is 22.7 Å². The molecule has 0 aromatic carbocycles.